The predicted octanol–water partition coefficient (Wildman–Crippen LogP) is 3.93. The Kier molecular flexibility index (Phi) is 2.95. The lowest BCUT2D eigenvalue weighted by Crippen LogP contribution is -1.85. The predicted molar refractivity (Wildman–Crippen MR) is 67.7 cm³/mol. The van der Waals surface area contributed by atoms with E-state index in [9.17, 15) is 5.11 Å². The van der Waals surface area contributed by atoms with Crippen molar-refractivity contribution >= 4 is 0 Å². The second-order valence-electron chi connectivity index (χ2n) is 4.03. The van der Waals surface area contributed by atoms with E-state index in [1.165, 1.54) is 5.56 Å². The molecule has 0 aliphatic rings. The maximum Gasteiger partial charge on any atom is 0.126 e. The van der Waals surface area contributed by atoms with Crippen LogP contribution in [-0.2, 0) is 6.42 Å². The molecule has 2 rings (SSSR count). The smallest absolute Gasteiger partial charge is 0.126 e. The lowest BCUT2D eigenvalue weighted by Gasteiger charge is -2.08. The number of aromatic hydroxyl groups is 1. The number of rotatable bonds is 2. The number of para-hydroxylation sites is 1. The maximum absolute atomic E-state index is 10.1. The fourth-order valence-electron chi connectivity index (χ4n) is 1.84. The van der Waals surface area contributed by atoms with Crippen molar-refractivity contribution in [3.05, 3.63) is 53.6 Å². The van der Waals surface area contributed by atoms with Gasteiger partial charge in [-0.25, -0.2) is 0 Å². The van der Waals surface area contributed by atoms with Crippen LogP contribution >= 0.6 is 0 Å². The summed E-state index contributed by atoms with van der Waals surface area (Å²) >= 11 is 0. The van der Waals surface area contributed by atoms with E-state index >= 15 is 0 Å². The molecule has 0 aliphatic heterocycles. The molecule has 1 N–H and O–H groups in total. The Labute approximate surface area is 96.4 Å². The van der Waals surface area contributed by atoms with Crippen LogP contribution in [0.15, 0.2) is 42.5 Å². The Morgan fingerprint density at radius 2 is 1.69 bits per heavy atom. The highest BCUT2D eigenvalue weighted by atomic mass is 16.3. The molecule has 0 amide bonds. The molecule has 2 aromatic carbocycles. The highest BCUT2D eigenvalue weighted by molar-refractivity contribution is 5.71. The summed E-state index contributed by atoms with van der Waals surface area (Å²) < 4.78 is 0. The Balaban J connectivity index is 2.51. The summed E-state index contributed by atoms with van der Waals surface area (Å²) in [4.78, 5) is 0. The zero-order valence-corrected chi connectivity index (χ0v) is 9.70. The number of benzene rings is 2. The highest BCUT2D eigenvalue weighted by Crippen LogP contribution is 2.32. The zero-order valence-electron chi connectivity index (χ0n) is 9.70. The van der Waals surface area contributed by atoms with E-state index in [4.69, 9.17) is 0 Å². The first-order chi connectivity index (χ1) is 7.72. The minimum Gasteiger partial charge on any atom is -0.507 e. The second kappa shape index (κ2) is 4.40. The molecule has 82 valence electrons. The van der Waals surface area contributed by atoms with Gasteiger partial charge in [-0.3, -0.25) is 0 Å². The molecule has 1 heteroatoms. The van der Waals surface area contributed by atoms with Crippen molar-refractivity contribution in [1.29, 1.82) is 0 Å². The van der Waals surface area contributed by atoms with Crippen LogP contribution < -0.4 is 0 Å². The molecular formula is C15H16O. The summed E-state index contributed by atoms with van der Waals surface area (Å²) in [5, 5.41) is 10.1. The third-order valence-corrected chi connectivity index (χ3v) is 2.86. The van der Waals surface area contributed by atoms with Gasteiger partial charge in [0.2, 0.25) is 0 Å². The molecule has 1 nitrogen and oxygen atoms in total. The number of aryl methyl sites for hydroxylation is 2. The molecule has 0 saturated carbocycles. The topological polar surface area (TPSA) is 20.2 Å². The Bertz CT molecular complexity index is 483. The van der Waals surface area contributed by atoms with Gasteiger partial charge in [-0.05, 0) is 24.5 Å². The zero-order chi connectivity index (χ0) is 11.5. The van der Waals surface area contributed by atoms with E-state index in [2.05, 4.69) is 19.1 Å². The molecule has 0 heterocycles. The van der Waals surface area contributed by atoms with E-state index in [1.807, 2.05) is 37.3 Å². The molecule has 16 heavy (non-hydrogen) atoms. The van der Waals surface area contributed by atoms with E-state index in [1.54, 1.807) is 0 Å². The first-order valence-electron chi connectivity index (χ1n) is 5.60. The van der Waals surface area contributed by atoms with E-state index in [-0.39, 0.29) is 0 Å². The van der Waals surface area contributed by atoms with E-state index in [0.717, 1.165) is 23.1 Å². The molecule has 0 aliphatic carbocycles. The summed E-state index contributed by atoms with van der Waals surface area (Å²) in [6, 6.07) is 14.1. The van der Waals surface area contributed by atoms with Crippen molar-refractivity contribution in [2.75, 3.05) is 0 Å². The third-order valence-electron chi connectivity index (χ3n) is 2.86. The minimum atomic E-state index is 0.411. The molecule has 0 fully saturated rings. The van der Waals surface area contributed by atoms with Gasteiger partial charge in [0.05, 0.1) is 0 Å². The van der Waals surface area contributed by atoms with E-state index in [0.29, 0.717) is 5.75 Å². The van der Waals surface area contributed by atoms with Gasteiger partial charge in [0.25, 0.3) is 0 Å². The monoisotopic (exact) mass is 212 g/mol. The number of hydrogen-bond acceptors (Lipinski definition) is 1. The van der Waals surface area contributed by atoms with Gasteiger partial charge in [0, 0.05) is 5.56 Å². The summed E-state index contributed by atoms with van der Waals surface area (Å²) in [5.41, 5.74) is 4.21. The fourth-order valence-corrected chi connectivity index (χ4v) is 1.84. The van der Waals surface area contributed by atoms with Crippen molar-refractivity contribution in [1.82, 2.24) is 0 Å². The minimum absolute atomic E-state index is 0.411. The molecule has 0 aromatic heterocycles. The van der Waals surface area contributed by atoms with Crippen molar-refractivity contribution in [3.8, 4) is 16.9 Å². The lowest BCUT2D eigenvalue weighted by molar-refractivity contribution is 0.471. The number of phenolic OH excluding ortho intramolecular Hbond substituents is 1. The van der Waals surface area contributed by atoms with Crippen molar-refractivity contribution in [3.63, 3.8) is 0 Å². The molecule has 0 bridgehead atoms. The van der Waals surface area contributed by atoms with Crippen LogP contribution in [0, 0.1) is 6.92 Å². The van der Waals surface area contributed by atoms with Crippen molar-refractivity contribution in [2.45, 2.75) is 20.3 Å². The van der Waals surface area contributed by atoms with E-state index < -0.39 is 0 Å². The van der Waals surface area contributed by atoms with Crippen LogP contribution in [0.2, 0.25) is 0 Å². The van der Waals surface area contributed by atoms with Crippen LogP contribution in [0.4, 0.5) is 0 Å². The molecule has 0 atom stereocenters. The van der Waals surface area contributed by atoms with Gasteiger partial charge in [0.1, 0.15) is 5.75 Å². The second-order valence-corrected chi connectivity index (χ2v) is 4.03. The Morgan fingerprint density at radius 3 is 2.31 bits per heavy atom. The maximum atomic E-state index is 10.1. The van der Waals surface area contributed by atoms with Gasteiger partial charge < -0.3 is 5.11 Å². The fraction of sp³-hybridized carbons (Fsp3) is 0.200. The van der Waals surface area contributed by atoms with Gasteiger partial charge in [-0.2, -0.15) is 0 Å². The normalized spacial score (nSPS) is 10.4. The number of phenols is 1. The van der Waals surface area contributed by atoms with Crippen LogP contribution in [0.1, 0.15) is 18.1 Å². The van der Waals surface area contributed by atoms with Crippen LogP contribution in [0.3, 0.4) is 0 Å². The molecule has 0 spiro atoms. The Hall–Kier alpha value is -1.76. The largest absolute Gasteiger partial charge is 0.507 e. The van der Waals surface area contributed by atoms with Crippen LogP contribution in [0.5, 0.6) is 5.75 Å². The quantitative estimate of drug-likeness (QED) is 0.799. The average Bonchev–Trinajstić information content (AvgIpc) is 2.31. The lowest BCUT2D eigenvalue weighted by atomic mass is 9.99. The molecule has 0 radical (unpaired) electrons. The molecular weight excluding hydrogens is 196 g/mol. The van der Waals surface area contributed by atoms with Gasteiger partial charge in [-0.1, -0.05) is 55.0 Å². The molecule has 2 aromatic rings. The summed E-state index contributed by atoms with van der Waals surface area (Å²) in [6.07, 6.45) is 0.853. The summed E-state index contributed by atoms with van der Waals surface area (Å²) in [7, 11) is 0. The van der Waals surface area contributed by atoms with Crippen LogP contribution in [0.25, 0.3) is 11.1 Å². The third kappa shape index (κ3) is 1.94. The average molecular weight is 212 g/mol. The first-order valence-corrected chi connectivity index (χ1v) is 5.60. The van der Waals surface area contributed by atoms with Gasteiger partial charge in [0.15, 0.2) is 0 Å². The van der Waals surface area contributed by atoms with Crippen molar-refractivity contribution in [2.24, 2.45) is 0 Å². The molecule has 0 saturated heterocycles. The standard InChI is InChI=1S/C15H16O/c1-3-12-5-4-6-14(15(12)16)13-9-7-11(2)8-10-13/h4-10,16H,3H2,1-2H3. The van der Waals surface area contributed by atoms with Gasteiger partial charge in [-0.15, -0.1) is 0 Å². The molecule has 0 unspecified atom stereocenters. The summed E-state index contributed by atoms with van der Waals surface area (Å²) in [5.74, 6) is 0.411. The highest BCUT2D eigenvalue weighted by Gasteiger charge is 2.06. The van der Waals surface area contributed by atoms with Crippen LogP contribution in [-0.4, -0.2) is 5.11 Å². The first kappa shape index (κ1) is 10.7. The Morgan fingerprint density at radius 1 is 1.00 bits per heavy atom. The van der Waals surface area contributed by atoms with Gasteiger partial charge >= 0.3 is 0 Å². The summed E-state index contributed by atoms with van der Waals surface area (Å²) in [6.45, 7) is 4.11. The van der Waals surface area contributed by atoms with Crippen molar-refractivity contribution < 1.29 is 5.11 Å². The SMILES string of the molecule is CCc1cccc(-c2ccc(C)cc2)c1O. The number of hydrogen-bond donors (Lipinski definition) is 1.